The summed E-state index contributed by atoms with van der Waals surface area (Å²) >= 11 is 3.44. The summed E-state index contributed by atoms with van der Waals surface area (Å²) in [6, 6.07) is 25.5. The van der Waals surface area contributed by atoms with Gasteiger partial charge in [-0.3, -0.25) is 9.59 Å². The Balaban J connectivity index is 0.000000253. The maximum absolute atomic E-state index is 11.6. The van der Waals surface area contributed by atoms with E-state index in [9.17, 15) is 9.59 Å². The largest absolute Gasteiger partial charge is 0.494 e. The number of alkyl halides is 1. The number of benzene rings is 2. The standard InChI is InChI=1S/C18H22BNO4.C13H18BBrO2.C5H5NO2.B19/c1-17(2)18(3,4)24-19(23-17)15-10-8-14(9-11-15)13-22-20-12-6-5-7-16(20)21;1-12(2)13(3,4)17-14(16-12)11-7-5-10(9-15)6-8-11;7-5-3-1-2-4-6(5)8;1-11-16(10)19(17(12(2)3)13(4)5)18(14(6)7)15(8)9/h5-12H,13H2,1-4H3;5-8H,9H2,1-4H3;1-4,8H;. The number of aromatic nitrogens is 2. The molecule has 2 aliphatic heterocycles. The van der Waals surface area contributed by atoms with Crippen molar-refractivity contribution >= 4 is 177 Å². The summed E-state index contributed by atoms with van der Waals surface area (Å²) in [5.74, 6) is 0. The molecule has 0 aliphatic carbocycles. The molecule has 0 spiro atoms. The molecule has 0 unspecified atom stereocenters. The highest BCUT2D eigenvalue weighted by Gasteiger charge is 2.52. The fourth-order valence-electron chi connectivity index (χ4n) is 7.01. The lowest BCUT2D eigenvalue weighted by Gasteiger charge is -2.41. The Bertz CT molecular complexity index is 2190. The lowest BCUT2D eigenvalue weighted by molar-refractivity contribution is 0.00578. The molecule has 2 aromatic heterocycles. The monoisotopic (exact) mass is 943 g/mol. The zero-order chi connectivity index (χ0) is 51.4. The van der Waals surface area contributed by atoms with Gasteiger partial charge in [0.2, 0.25) is 0 Å². The molecule has 0 saturated carbocycles. The third kappa shape index (κ3) is 16.6. The van der Waals surface area contributed by atoms with E-state index < -0.39 is 56.6 Å². The number of rotatable bonds is 14. The van der Waals surface area contributed by atoms with Crippen LogP contribution in [0.5, 0.6) is 0 Å². The van der Waals surface area contributed by atoms with Gasteiger partial charge in [0, 0.05) is 165 Å². The van der Waals surface area contributed by atoms with Crippen molar-refractivity contribution in [1.29, 1.82) is 0 Å². The number of pyridine rings is 2. The lowest BCUT2D eigenvalue weighted by atomic mass is 8.40. The van der Waals surface area contributed by atoms with Crippen molar-refractivity contribution in [2.45, 2.75) is 89.7 Å². The van der Waals surface area contributed by atoms with Crippen molar-refractivity contribution in [3.63, 3.8) is 0 Å². The van der Waals surface area contributed by atoms with Gasteiger partial charge in [0.1, 0.15) is 6.61 Å². The second-order valence-corrected chi connectivity index (χ2v) is 19.2. The van der Waals surface area contributed by atoms with Crippen LogP contribution >= 0.6 is 15.9 Å². The Kier molecular flexibility index (Phi) is 23.2. The van der Waals surface area contributed by atoms with Gasteiger partial charge in [0.15, 0.2) is 0 Å². The molecular weight excluding hydrogens is 895 g/mol. The Morgan fingerprint density at radius 2 is 0.941 bits per heavy atom. The van der Waals surface area contributed by atoms with Crippen LogP contribution in [0.2, 0.25) is 0 Å². The molecule has 2 saturated heterocycles. The summed E-state index contributed by atoms with van der Waals surface area (Å²) in [5.41, 5.74) is 2.41. The van der Waals surface area contributed by atoms with E-state index in [0.717, 1.165) is 21.8 Å². The molecule has 21 radical (unpaired) electrons. The zero-order valence-corrected chi connectivity index (χ0v) is 41.9. The SMILES string of the molecule is CC1(C)OB(c2ccc(CBr)cc2)OC1(C)C.CC1(C)OB(c2ccc(COn3ccccc3=O)cc2)OC1(C)C.O=c1ccccn1O.[B][B]B([B])B(B(B([B])[B])B([B])[B])B(B([B])[B])B([B])[B]. The predicted molar refractivity (Wildman–Crippen MR) is 305 cm³/mol. The van der Waals surface area contributed by atoms with E-state index in [1.807, 2.05) is 52.0 Å². The quantitative estimate of drug-likeness (QED) is 0.0842. The summed E-state index contributed by atoms with van der Waals surface area (Å²) in [7, 11) is 57.8. The summed E-state index contributed by atoms with van der Waals surface area (Å²) in [4.78, 5) is 27.4. The molecule has 317 valence electrons. The maximum Gasteiger partial charge on any atom is 0.494 e. The van der Waals surface area contributed by atoms with E-state index >= 15 is 0 Å². The van der Waals surface area contributed by atoms with Gasteiger partial charge < -0.3 is 28.7 Å². The molecule has 0 bridgehead atoms. The normalized spacial score (nSPS) is 15.6. The lowest BCUT2D eigenvalue weighted by Crippen LogP contribution is -2.79. The third-order valence-corrected chi connectivity index (χ3v) is 13.1. The van der Waals surface area contributed by atoms with Crippen molar-refractivity contribution < 1.29 is 28.7 Å². The van der Waals surface area contributed by atoms with Gasteiger partial charge in [-0.05, 0) is 89.6 Å². The molecule has 68 heavy (non-hydrogen) atoms. The average molecular weight is 941 g/mol. The fourth-order valence-corrected chi connectivity index (χ4v) is 7.39. The van der Waals surface area contributed by atoms with E-state index in [1.165, 1.54) is 35.7 Å². The van der Waals surface area contributed by atoms with E-state index in [0.29, 0.717) is 11.3 Å². The molecule has 2 fully saturated rings. The highest BCUT2D eigenvalue weighted by molar-refractivity contribution is 9.08. The first kappa shape index (κ1) is 59.9. The summed E-state index contributed by atoms with van der Waals surface area (Å²) in [6.45, 7) is 16.7. The first-order valence-electron chi connectivity index (χ1n) is 22.1. The first-order valence-corrected chi connectivity index (χ1v) is 23.2. The van der Waals surface area contributed by atoms with Gasteiger partial charge in [0.05, 0.1) is 22.4 Å². The molecule has 2 aromatic carbocycles. The van der Waals surface area contributed by atoms with Gasteiger partial charge >= 0.3 is 14.2 Å². The minimum Gasteiger partial charge on any atom is -0.425 e. The zero-order valence-electron chi connectivity index (χ0n) is 40.4. The smallest absolute Gasteiger partial charge is 0.425 e. The molecule has 4 heterocycles. The summed E-state index contributed by atoms with van der Waals surface area (Å²) in [6.07, 6.45) is -2.84. The molecule has 10 nitrogen and oxygen atoms in total. The fraction of sp³-hybridized carbons (Fsp3) is 0.389. The van der Waals surface area contributed by atoms with Crippen LogP contribution in [0.1, 0.15) is 66.5 Å². The van der Waals surface area contributed by atoms with Crippen molar-refractivity contribution in [3.05, 3.63) is 129 Å². The Hall–Kier alpha value is -2.38. The second-order valence-electron chi connectivity index (χ2n) is 18.6. The minimum absolute atomic E-state index is 0.189. The van der Waals surface area contributed by atoms with Crippen LogP contribution in [0.15, 0.2) is 107 Å². The molecular formula is C36H45B21BrN2O8. The van der Waals surface area contributed by atoms with Crippen LogP contribution in [-0.2, 0) is 30.6 Å². The van der Waals surface area contributed by atoms with Crippen LogP contribution < -0.4 is 26.9 Å². The molecule has 0 amide bonds. The molecule has 6 rings (SSSR count). The molecule has 1 N–H and O–H groups in total. The molecule has 32 heteroatoms. The van der Waals surface area contributed by atoms with Crippen molar-refractivity contribution in [1.82, 2.24) is 9.46 Å². The summed E-state index contributed by atoms with van der Waals surface area (Å²) in [5, 5.41) is 9.40. The number of hydrogen-bond acceptors (Lipinski definition) is 8. The van der Waals surface area contributed by atoms with Gasteiger partial charge in [-0.25, -0.2) is 0 Å². The van der Waals surface area contributed by atoms with Gasteiger partial charge in [0.25, 0.3) is 11.1 Å². The third-order valence-electron chi connectivity index (χ3n) is 12.5. The van der Waals surface area contributed by atoms with Crippen molar-refractivity contribution in [3.8, 4) is 0 Å². The first-order chi connectivity index (χ1) is 31.6. The number of nitrogens with zero attached hydrogens (tertiary/aromatic N) is 2. The topological polar surface area (TPSA) is 110 Å². The van der Waals surface area contributed by atoms with Crippen molar-refractivity contribution in [2.75, 3.05) is 0 Å². The Morgan fingerprint density at radius 3 is 1.25 bits per heavy atom. The van der Waals surface area contributed by atoms with E-state index in [2.05, 4.69) is 67.9 Å². The van der Waals surface area contributed by atoms with Crippen LogP contribution in [-0.4, -0.2) is 187 Å². The Labute approximate surface area is 431 Å². The molecule has 2 aliphatic rings. The Morgan fingerprint density at radius 1 is 0.574 bits per heavy atom. The average Bonchev–Trinajstić information content (AvgIpc) is 3.63. The predicted octanol–water partition coefficient (Wildman–Crippen LogP) is -2.49. The van der Waals surface area contributed by atoms with E-state index in [-0.39, 0.29) is 42.2 Å². The molecule has 4 aromatic rings. The number of hydrogen-bond donors (Lipinski definition) is 1. The molecule has 0 atom stereocenters. The van der Waals surface area contributed by atoms with Gasteiger partial charge in [-0.2, -0.15) is 9.46 Å². The highest BCUT2D eigenvalue weighted by Crippen LogP contribution is 2.37. The summed E-state index contributed by atoms with van der Waals surface area (Å²) < 4.78 is 25.8. The van der Waals surface area contributed by atoms with E-state index in [1.54, 1.807) is 30.5 Å². The van der Waals surface area contributed by atoms with Gasteiger partial charge in [-0.15, -0.1) is 0 Å². The second kappa shape index (κ2) is 26.4. The highest BCUT2D eigenvalue weighted by atomic mass is 79.9. The maximum atomic E-state index is 11.6. The minimum atomic E-state index is -0.837. The van der Waals surface area contributed by atoms with Crippen LogP contribution in [0.4, 0.5) is 0 Å². The van der Waals surface area contributed by atoms with Crippen LogP contribution in [0.25, 0.3) is 0 Å². The van der Waals surface area contributed by atoms with Crippen LogP contribution in [0, 0.1) is 0 Å². The van der Waals surface area contributed by atoms with Gasteiger partial charge in [-0.1, -0.05) is 76.6 Å². The van der Waals surface area contributed by atoms with E-state index in [4.69, 9.17) is 106 Å². The van der Waals surface area contributed by atoms with Crippen LogP contribution in [0.3, 0.4) is 0 Å². The van der Waals surface area contributed by atoms with Crippen molar-refractivity contribution in [2.24, 2.45) is 0 Å². The number of halogens is 1.